The van der Waals surface area contributed by atoms with Crippen molar-refractivity contribution in [2.75, 3.05) is 11.8 Å². The molecule has 0 aliphatic heterocycles. The molecule has 0 atom stereocenters. The van der Waals surface area contributed by atoms with Crippen LogP contribution in [-0.2, 0) is 20.9 Å². The molecule has 3 aromatic rings. The number of carbonyl (C=O) groups excluding carboxylic acids is 1. The summed E-state index contributed by atoms with van der Waals surface area (Å²) in [6, 6.07) is 16.1. The maximum Gasteiger partial charge on any atom is 0.416 e. The van der Waals surface area contributed by atoms with Crippen LogP contribution in [0.4, 0.5) is 18.9 Å². The number of sulfonamides is 1. The summed E-state index contributed by atoms with van der Waals surface area (Å²) in [6.45, 7) is 0. The molecule has 0 aliphatic rings. The Balaban J connectivity index is 2.01. The average molecular weight is 435 g/mol. The Bertz CT molecular complexity index is 1160. The molecule has 0 aromatic heterocycles. The van der Waals surface area contributed by atoms with Gasteiger partial charge in [0.15, 0.2) is 0 Å². The van der Waals surface area contributed by atoms with Gasteiger partial charge in [0.05, 0.1) is 23.1 Å². The number of rotatable bonds is 5. The van der Waals surface area contributed by atoms with E-state index in [9.17, 15) is 26.4 Å². The Morgan fingerprint density at radius 3 is 2.10 bits per heavy atom. The predicted molar refractivity (Wildman–Crippen MR) is 105 cm³/mol. The molecule has 0 aliphatic carbocycles. The summed E-state index contributed by atoms with van der Waals surface area (Å²) in [7, 11) is -3.13. The Kier molecular flexibility index (Phi) is 5.84. The van der Waals surface area contributed by atoms with Gasteiger partial charge in [-0.2, -0.15) is 13.2 Å². The lowest BCUT2D eigenvalue weighted by Crippen LogP contribution is -2.15. The number of halogens is 3. The first-order chi connectivity index (χ1) is 14.1. The summed E-state index contributed by atoms with van der Waals surface area (Å²) in [4.78, 5) is 10.9. The second kappa shape index (κ2) is 8.19. The number of hydrogen-bond donors (Lipinski definition) is 1. The largest absolute Gasteiger partial charge is 0.465 e. The summed E-state index contributed by atoms with van der Waals surface area (Å²) >= 11 is 0. The van der Waals surface area contributed by atoms with Crippen molar-refractivity contribution in [2.24, 2.45) is 0 Å². The van der Waals surface area contributed by atoms with Gasteiger partial charge < -0.3 is 4.74 Å². The molecular formula is C21H16F3NO4S. The standard InChI is InChI=1S/C21H16F3NO4S/c1-29-20(26)15-7-9-18(10-8-15)25-30(27,28)19-12-16(14-5-3-2-4-6-14)11-17(13-19)21(22,23)24/h2-13,25H,1H3. The molecule has 0 saturated heterocycles. The molecular weight excluding hydrogens is 419 g/mol. The third kappa shape index (κ3) is 4.80. The van der Waals surface area contributed by atoms with Gasteiger partial charge in [0.2, 0.25) is 0 Å². The third-order valence-corrected chi connectivity index (χ3v) is 5.57. The van der Waals surface area contributed by atoms with Crippen molar-refractivity contribution >= 4 is 21.7 Å². The summed E-state index contributed by atoms with van der Waals surface area (Å²) in [5, 5.41) is 0. The van der Waals surface area contributed by atoms with E-state index in [4.69, 9.17) is 0 Å². The summed E-state index contributed by atoms with van der Waals surface area (Å²) in [5.41, 5.74) is -0.230. The molecule has 0 fully saturated rings. The van der Waals surface area contributed by atoms with Gasteiger partial charge >= 0.3 is 12.1 Å². The van der Waals surface area contributed by atoms with Crippen molar-refractivity contribution in [3.8, 4) is 11.1 Å². The van der Waals surface area contributed by atoms with Crippen molar-refractivity contribution in [1.82, 2.24) is 0 Å². The fourth-order valence-electron chi connectivity index (χ4n) is 2.72. The number of anilines is 1. The highest BCUT2D eigenvalue weighted by Gasteiger charge is 2.32. The number of alkyl halides is 3. The van der Waals surface area contributed by atoms with Crippen LogP contribution in [0.5, 0.6) is 0 Å². The van der Waals surface area contributed by atoms with Gasteiger partial charge in [-0.25, -0.2) is 13.2 Å². The second-order valence-electron chi connectivity index (χ2n) is 6.28. The summed E-state index contributed by atoms with van der Waals surface area (Å²) in [6.07, 6.45) is -4.72. The van der Waals surface area contributed by atoms with E-state index in [1.807, 2.05) is 0 Å². The van der Waals surface area contributed by atoms with E-state index in [0.29, 0.717) is 11.6 Å². The number of benzene rings is 3. The number of esters is 1. The molecule has 3 aromatic carbocycles. The van der Waals surface area contributed by atoms with Crippen LogP contribution in [0.25, 0.3) is 11.1 Å². The quantitative estimate of drug-likeness (QED) is 0.575. The van der Waals surface area contributed by atoms with Gasteiger partial charge in [0, 0.05) is 5.69 Å². The van der Waals surface area contributed by atoms with Gasteiger partial charge in [0.1, 0.15) is 0 Å². The van der Waals surface area contributed by atoms with Crippen LogP contribution in [0, 0.1) is 0 Å². The minimum Gasteiger partial charge on any atom is -0.465 e. The van der Waals surface area contributed by atoms with E-state index < -0.39 is 32.6 Å². The van der Waals surface area contributed by atoms with Gasteiger partial charge in [-0.1, -0.05) is 30.3 Å². The molecule has 9 heteroatoms. The van der Waals surface area contributed by atoms with Gasteiger partial charge in [-0.3, -0.25) is 4.72 Å². The number of carbonyl (C=O) groups is 1. The highest BCUT2D eigenvalue weighted by Crippen LogP contribution is 2.35. The highest BCUT2D eigenvalue weighted by molar-refractivity contribution is 7.92. The van der Waals surface area contributed by atoms with E-state index in [-0.39, 0.29) is 16.8 Å². The fourth-order valence-corrected chi connectivity index (χ4v) is 3.85. The van der Waals surface area contributed by atoms with Gasteiger partial charge in [0.25, 0.3) is 10.0 Å². The Labute approximate surface area is 171 Å². The fraction of sp³-hybridized carbons (Fsp3) is 0.0952. The van der Waals surface area contributed by atoms with Crippen LogP contribution in [0.3, 0.4) is 0 Å². The molecule has 5 nitrogen and oxygen atoms in total. The van der Waals surface area contributed by atoms with Gasteiger partial charge in [-0.15, -0.1) is 0 Å². The Morgan fingerprint density at radius 2 is 1.53 bits per heavy atom. The first kappa shape index (κ1) is 21.4. The normalized spacial score (nSPS) is 11.7. The van der Waals surface area contributed by atoms with Crippen LogP contribution in [0.1, 0.15) is 15.9 Å². The maximum absolute atomic E-state index is 13.4. The summed E-state index contributed by atoms with van der Waals surface area (Å²) in [5.74, 6) is -0.602. The van der Waals surface area contributed by atoms with Gasteiger partial charge in [-0.05, 0) is 53.6 Å². The van der Waals surface area contributed by atoms with Crippen molar-refractivity contribution in [3.05, 3.63) is 83.9 Å². The van der Waals surface area contributed by atoms with Crippen molar-refractivity contribution < 1.29 is 31.1 Å². The molecule has 156 valence electrons. The zero-order valence-corrected chi connectivity index (χ0v) is 16.4. The Morgan fingerprint density at radius 1 is 0.900 bits per heavy atom. The van der Waals surface area contributed by atoms with Crippen LogP contribution < -0.4 is 4.72 Å². The third-order valence-electron chi connectivity index (χ3n) is 4.21. The molecule has 30 heavy (non-hydrogen) atoms. The minimum atomic E-state index is -4.72. The highest BCUT2D eigenvalue weighted by atomic mass is 32.2. The van der Waals surface area contributed by atoms with Crippen LogP contribution in [0.2, 0.25) is 0 Å². The first-order valence-electron chi connectivity index (χ1n) is 8.59. The molecule has 0 radical (unpaired) electrons. The van der Waals surface area contributed by atoms with E-state index in [1.165, 1.54) is 37.4 Å². The average Bonchev–Trinajstić information content (AvgIpc) is 2.73. The van der Waals surface area contributed by atoms with Crippen molar-refractivity contribution in [3.63, 3.8) is 0 Å². The molecule has 0 amide bonds. The minimum absolute atomic E-state index is 0.0846. The lowest BCUT2D eigenvalue weighted by molar-refractivity contribution is -0.137. The SMILES string of the molecule is COC(=O)c1ccc(NS(=O)(=O)c2cc(-c3ccccc3)cc(C(F)(F)F)c2)cc1. The lowest BCUT2D eigenvalue weighted by atomic mass is 10.0. The summed E-state index contributed by atoms with van der Waals surface area (Å²) < 4.78 is 72.4. The number of hydrogen-bond acceptors (Lipinski definition) is 4. The Hall–Kier alpha value is -3.33. The number of nitrogens with one attached hydrogen (secondary N) is 1. The smallest absolute Gasteiger partial charge is 0.416 e. The van der Waals surface area contributed by atoms with Crippen LogP contribution >= 0.6 is 0 Å². The monoisotopic (exact) mass is 435 g/mol. The molecule has 0 heterocycles. The zero-order chi connectivity index (χ0) is 21.9. The maximum atomic E-state index is 13.4. The number of ether oxygens (including phenoxy) is 1. The topological polar surface area (TPSA) is 72.5 Å². The van der Waals surface area contributed by atoms with Crippen LogP contribution in [0.15, 0.2) is 77.7 Å². The van der Waals surface area contributed by atoms with E-state index in [1.54, 1.807) is 30.3 Å². The van der Waals surface area contributed by atoms with E-state index in [0.717, 1.165) is 6.07 Å². The van der Waals surface area contributed by atoms with Crippen molar-refractivity contribution in [1.29, 1.82) is 0 Å². The van der Waals surface area contributed by atoms with Crippen LogP contribution in [-0.4, -0.2) is 21.5 Å². The molecule has 1 N–H and O–H groups in total. The number of methoxy groups -OCH3 is 1. The molecule has 0 bridgehead atoms. The zero-order valence-electron chi connectivity index (χ0n) is 15.6. The molecule has 0 unspecified atom stereocenters. The van der Waals surface area contributed by atoms with Crippen molar-refractivity contribution in [2.45, 2.75) is 11.1 Å². The molecule has 0 spiro atoms. The van der Waals surface area contributed by atoms with E-state index >= 15 is 0 Å². The van der Waals surface area contributed by atoms with E-state index in [2.05, 4.69) is 9.46 Å². The lowest BCUT2D eigenvalue weighted by Gasteiger charge is -2.14. The second-order valence-corrected chi connectivity index (χ2v) is 7.97. The predicted octanol–water partition coefficient (Wildman–Crippen LogP) is 4.96. The first-order valence-corrected chi connectivity index (χ1v) is 10.1. The molecule has 0 saturated carbocycles. The molecule has 3 rings (SSSR count).